The molecule has 0 saturated carbocycles. The molecule has 0 spiro atoms. The van der Waals surface area contributed by atoms with Crippen LogP contribution >= 0.6 is 11.8 Å². The molecule has 0 aliphatic rings. The van der Waals surface area contributed by atoms with Crippen LogP contribution < -0.4 is 10.3 Å². The van der Waals surface area contributed by atoms with Gasteiger partial charge in [-0.25, -0.2) is 4.98 Å². The highest BCUT2D eigenvalue weighted by Crippen LogP contribution is 2.36. The van der Waals surface area contributed by atoms with Gasteiger partial charge in [0.25, 0.3) is 5.56 Å². The number of para-hydroxylation sites is 1. The number of benzene rings is 3. The Labute approximate surface area is 196 Å². The van der Waals surface area contributed by atoms with Crippen molar-refractivity contribution in [2.75, 3.05) is 20.7 Å². The van der Waals surface area contributed by atoms with Gasteiger partial charge in [-0.05, 0) is 48.9 Å². The van der Waals surface area contributed by atoms with Crippen LogP contribution in [0.25, 0.3) is 16.6 Å². The van der Waals surface area contributed by atoms with Crippen molar-refractivity contribution < 1.29 is 9.53 Å². The Kier molecular flexibility index (Phi) is 6.79. The summed E-state index contributed by atoms with van der Waals surface area (Å²) in [5, 5.41) is 0.418. The van der Waals surface area contributed by atoms with Crippen LogP contribution in [0.2, 0.25) is 0 Å². The number of ether oxygens (including phenoxy) is 1. The second kappa shape index (κ2) is 9.92. The van der Waals surface area contributed by atoms with E-state index in [-0.39, 0.29) is 11.5 Å². The number of likely N-dealkylation sites (N-methyl/N-ethyl adjacent to an activating group) is 1. The first-order valence-corrected chi connectivity index (χ1v) is 11.6. The molecule has 0 saturated heterocycles. The first kappa shape index (κ1) is 22.6. The SMILES string of the molecule is CCOc1ccc(-n2c(SC(C(=O)N(C)C)c3ccccc3)nc3ccccc3c2=O)cc1. The second-order valence-electron chi connectivity index (χ2n) is 7.62. The number of amides is 1. The molecule has 0 fully saturated rings. The molecule has 168 valence electrons. The third kappa shape index (κ3) is 4.78. The zero-order valence-corrected chi connectivity index (χ0v) is 19.6. The van der Waals surface area contributed by atoms with E-state index < -0.39 is 5.25 Å². The van der Waals surface area contributed by atoms with Gasteiger partial charge in [-0.15, -0.1) is 0 Å². The van der Waals surface area contributed by atoms with Crippen molar-refractivity contribution >= 4 is 28.6 Å². The standard InChI is InChI=1S/C26H25N3O3S/c1-4-32-20-16-14-19(15-17-20)29-24(30)21-12-8-9-13-22(21)27-26(29)33-23(25(31)28(2)3)18-10-6-5-7-11-18/h5-17,23H,4H2,1-3H3. The van der Waals surface area contributed by atoms with Crippen LogP contribution in [0, 0.1) is 0 Å². The molecule has 4 aromatic rings. The summed E-state index contributed by atoms with van der Waals surface area (Å²) in [4.78, 5) is 33.1. The van der Waals surface area contributed by atoms with Crippen molar-refractivity contribution in [1.29, 1.82) is 0 Å². The van der Waals surface area contributed by atoms with Gasteiger partial charge in [-0.3, -0.25) is 14.2 Å². The molecule has 0 bridgehead atoms. The van der Waals surface area contributed by atoms with Gasteiger partial charge in [-0.2, -0.15) is 0 Å². The molecule has 1 amide bonds. The zero-order valence-electron chi connectivity index (χ0n) is 18.8. The Morgan fingerprint density at radius 3 is 2.33 bits per heavy atom. The van der Waals surface area contributed by atoms with Crippen LogP contribution in [0.4, 0.5) is 0 Å². The molecule has 7 heteroatoms. The molecule has 33 heavy (non-hydrogen) atoms. The molecule has 1 aromatic heterocycles. The van der Waals surface area contributed by atoms with Crippen molar-refractivity contribution in [3.63, 3.8) is 0 Å². The largest absolute Gasteiger partial charge is 0.494 e. The lowest BCUT2D eigenvalue weighted by Gasteiger charge is -2.22. The summed E-state index contributed by atoms with van der Waals surface area (Å²) in [5.41, 5.74) is 1.92. The Hall–Kier alpha value is -3.58. The number of rotatable bonds is 7. The van der Waals surface area contributed by atoms with Gasteiger partial charge >= 0.3 is 0 Å². The number of hydrogen-bond acceptors (Lipinski definition) is 5. The molecule has 0 aliphatic heterocycles. The summed E-state index contributed by atoms with van der Waals surface area (Å²) >= 11 is 1.27. The number of carbonyl (C=O) groups excluding carboxylic acids is 1. The molecule has 1 unspecified atom stereocenters. The van der Waals surface area contributed by atoms with E-state index >= 15 is 0 Å². The summed E-state index contributed by atoms with van der Waals surface area (Å²) < 4.78 is 7.12. The fourth-order valence-electron chi connectivity index (χ4n) is 3.51. The van der Waals surface area contributed by atoms with Gasteiger partial charge in [0.15, 0.2) is 5.16 Å². The van der Waals surface area contributed by atoms with Crippen LogP contribution in [0.1, 0.15) is 17.7 Å². The molecule has 6 nitrogen and oxygen atoms in total. The van der Waals surface area contributed by atoms with E-state index in [0.29, 0.717) is 28.4 Å². The summed E-state index contributed by atoms with van der Waals surface area (Å²) in [7, 11) is 3.46. The van der Waals surface area contributed by atoms with Gasteiger partial charge in [0.05, 0.1) is 23.2 Å². The van der Waals surface area contributed by atoms with Crippen LogP contribution in [-0.4, -0.2) is 41.1 Å². The van der Waals surface area contributed by atoms with E-state index in [9.17, 15) is 9.59 Å². The highest BCUT2D eigenvalue weighted by atomic mass is 32.2. The van der Waals surface area contributed by atoms with E-state index in [0.717, 1.165) is 11.3 Å². The van der Waals surface area contributed by atoms with Gasteiger partial charge in [0, 0.05) is 14.1 Å². The predicted molar refractivity (Wildman–Crippen MR) is 132 cm³/mol. The van der Waals surface area contributed by atoms with Crippen LogP contribution in [0.15, 0.2) is 88.8 Å². The van der Waals surface area contributed by atoms with Crippen molar-refractivity contribution in [3.8, 4) is 11.4 Å². The maximum atomic E-state index is 13.6. The summed E-state index contributed by atoms with van der Waals surface area (Å²) in [6, 6.07) is 24.1. The average Bonchev–Trinajstić information content (AvgIpc) is 2.84. The monoisotopic (exact) mass is 459 g/mol. The molecule has 3 aromatic carbocycles. The first-order chi connectivity index (χ1) is 16.0. The Morgan fingerprint density at radius 1 is 1.00 bits per heavy atom. The summed E-state index contributed by atoms with van der Waals surface area (Å²) in [6.07, 6.45) is 0. The second-order valence-corrected chi connectivity index (χ2v) is 8.69. The quantitative estimate of drug-likeness (QED) is 0.296. The molecular formula is C26H25N3O3S. The van der Waals surface area contributed by atoms with Crippen molar-refractivity contribution in [2.45, 2.75) is 17.3 Å². The molecule has 1 heterocycles. The normalized spacial score (nSPS) is 11.8. The molecular weight excluding hydrogens is 434 g/mol. The fraction of sp³-hybridized carbons (Fsp3) is 0.192. The zero-order chi connectivity index (χ0) is 23.4. The van der Waals surface area contributed by atoms with E-state index in [1.165, 1.54) is 11.8 Å². The Morgan fingerprint density at radius 2 is 1.67 bits per heavy atom. The van der Waals surface area contributed by atoms with Crippen molar-refractivity contribution in [1.82, 2.24) is 14.5 Å². The summed E-state index contributed by atoms with van der Waals surface area (Å²) in [5.74, 6) is 0.647. The minimum Gasteiger partial charge on any atom is -0.494 e. The molecule has 0 radical (unpaired) electrons. The predicted octanol–water partition coefficient (Wildman–Crippen LogP) is 4.71. The molecule has 4 rings (SSSR count). The van der Waals surface area contributed by atoms with E-state index in [4.69, 9.17) is 9.72 Å². The van der Waals surface area contributed by atoms with Crippen LogP contribution in [0.3, 0.4) is 0 Å². The highest BCUT2D eigenvalue weighted by molar-refractivity contribution is 8.00. The number of fused-ring (bicyclic) bond motifs is 1. The average molecular weight is 460 g/mol. The number of nitrogens with zero attached hydrogens (tertiary/aromatic N) is 3. The van der Waals surface area contributed by atoms with Gasteiger partial charge in [0.1, 0.15) is 11.0 Å². The van der Waals surface area contributed by atoms with Crippen molar-refractivity contribution in [3.05, 3.63) is 94.8 Å². The number of aromatic nitrogens is 2. The highest BCUT2D eigenvalue weighted by Gasteiger charge is 2.26. The molecule has 0 N–H and O–H groups in total. The summed E-state index contributed by atoms with van der Waals surface area (Å²) in [6.45, 7) is 2.48. The Balaban J connectivity index is 1.89. The van der Waals surface area contributed by atoms with Crippen molar-refractivity contribution in [2.24, 2.45) is 0 Å². The van der Waals surface area contributed by atoms with Crippen LogP contribution in [-0.2, 0) is 4.79 Å². The Bertz CT molecular complexity index is 1320. The number of hydrogen-bond donors (Lipinski definition) is 0. The van der Waals surface area contributed by atoms with Gasteiger partial charge < -0.3 is 9.64 Å². The third-order valence-corrected chi connectivity index (χ3v) is 6.34. The molecule has 0 aliphatic carbocycles. The van der Waals surface area contributed by atoms with Gasteiger partial charge in [0.2, 0.25) is 5.91 Å². The smallest absolute Gasteiger partial charge is 0.266 e. The number of carbonyl (C=O) groups is 1. The molecule has 1 atom stereocenters. The van der Waals surface area contributed by atoms with Gasteiger partial charge in [-0.1, -0.05) is 54.2 Å². The van der Waals surface area contributed by atoms with Crippen LogP contribution in [0.5, 0.6) is 5.75 Å². The van der Waals surface area contributed by atoms with E-state index in [2.05, 4.69) is 0 Å². The lowest BCUT2D eigenvalue weighted by molar-refractivity contribution is -0.128. The maximum Gasteiger partial charge on any atom is 0.266 e. The lowest BCUT2D eigenvalue weighted by Crippen LogP contribution is -2.28. The van der Waals surface area contributed by atoms with E-state index in [1.807, 2.05) is 79.7 Å². The first-order valence-electron chi connectivity index (χ1n) is 10.7. The fourth-order valence-corrected chi connectivity index (χ4v) is 4.77. The third-order valence-electron chi connectivity index (χ3n) is 5.14. The lowest BCUT2D eigenvalue weighted by atomic mass is 10.1. The topological polar surface area (TPSA) is 64.4 Å². The minimum absolute atomic E-state index is 0.0770. The minimum atomic E-state index is -0.553. The number of thioether (sulfide) groups is 1. The maximum absolute atomic E-state index is 13.6. The van der Waals surface area contributed by atoms with E-state index in [1.54, 1.807) is 29.6 Å².